The highest BCUT2D eigenvalue weighted by atomic mass is 35.5. The smallest absolute Gasteiger partial charge is 0.317 e. The first-order valence-corrected chi connectivity index (χ1v) is 9.23. The van der Waals surface area contributed by atoms with Crippen LogP contribution in [0.25, 0.3) is 10.9 Å². The fourth-order valence-corrected chi connectivity index (χ4v) is 3.70. The lowest BCUT2D eigenvalue weighted by atomic mass is 9.85. The monoisotopic (exact) mass is 359 g/mol. The number of nitrogens with zero attached hydrogens (tertiary/aromatic N) is 2. The van der Waals surface area contributed by atoms with E-state index in [1.165, 1.54) is 12.8 Å². The number of hydrogen-bond acceptors (Lipinski definition) is 4. The molecule has 4 rings (SSSR count). The van der Waals surface area contributed by atoms with Crippen LogP contribution < -0.4 is 5.32 Å². The zero-order valence-electron chi connectivity index (χ0n) is 14.0. The summed E-state index contributed by atoms with van der Waals surface area (Å²) in [5.41, 5.74) is 0.884. The summed E-state index contributed by atoms with van der Waals surface area (Å²) in [4.78, 5) is 17.9. The molecule has 2 fully saturated rings. The Balaban J connectivity index is 1.36. The molecule has 1 heterocycles. The predicted molar refractivity (Wildman–Crippen MR) is 99.1 cm³/mol. The number of carboxylic acids is 1. The van der Waals surface area contributed by atoms with Gasteiger partial charge in [0.2, 0.25) is 0 Å². The Morgan fingerprint density at radius 2 is 2.04 bits per heavy atom. The first-order valence-electron chi connectivity index (χ1n) is 8.85. The highest BCUT2D eigenvalue weighted by Crippen LogP contribution is 2.34. The van der Waals surface area contributed by atoms with Crippen molar-refractivity contribution >= 4 is 34.3 Å². The summed E-state index contributed by atoms with van der Waals surface area (Å²) in [6.07, 6.45) is 4.42. The van der Waals surface area contributed by atoms with Gasteiger partial charge in [-0.3, -0.25) is 9.69 Å². The maximum atomic E-state index is 11.1. The van der Waals surface area contributed by atoms with Crippen LogP contribution >= 0.6 is 11.6 Å². The van der Waals surface area contributed by atoms with Crippen molar-refractivity contribution in [2.45, 2.75) is 37.8 Å². The van der Waals surface area contributed by atoms with Crippen LogP contribution in [-0.4, -0.2) is 46.1 Å². The molecule has 2 aromatic rings. The third kappa shape index (κ3) is 4.05. The number of rotatable bonds is 7. The molecule has 2 aliphatic carbocycles. The van der Waals surface area contributed by atoms with Crippen LogP contribution in [0.1, 0.15) is 25.7 Å². The molecule has 0 spiro atoms. The minimum atomic E-state index is -0.731. The highest BCUT2D eigenvalue weighted by molar-refractivity contribution is 6.31. The Kier molecular flexibility index (Phi) is 4.52. The maximum absolute atomic E-state index is 11.1. The van der Waals surface area contributed by atoms with E-state index in [2.05, 4.69) is 15.2 Å². The van der Waals surface area contributed by atoms with Crippen LogP contribution in [0.3, 0.4) is 0 Å². The van der Waals surface area contributed by atoms with E-state index in [1.54, 1.807) is 0 Å². The third-order valence-electron chi connectivity index (χ3n) is 5.16. The summed E-state index contributed by atoms with van der Waals surface area (Å²) < 4.78 is 0. The molecule has 0 bridgehead atoms. The van der Waals surface area contributed by atoms with Gasteiger partial charge in [0.05, 0.1) is 12.1 Å². The van der Waals surface area contributed by atoms with E-state index in [0.717, 1.165) is 36.1 Å². The Morgan fingerprint density at radius 3 is 2.76 bits per heavy atom. The third-order valence-corrected chi connectivity index (χ3v) is 5.40. The Hall–Kier alpha value is -1.85. The molecule has 25 heavy (non-hydrogen) atoms. The summed E-state index contributed by atoms with van der Waals surface area (Å²) in [6, 6.07) is 10.5. The molecule has 2 saturated carbocycles. The first kappa shape index (κ1) is 16.6. The van der Waals surface area contributed by atoms with E-state index in [1.807, 2.05) is 30.3 Å². The van der Waals surface area contributed by atoms with E-state index in [4.69, 9.17) is 16.7 Å². The average molecular weight is 360 g/mol. The number of halogens is 1. The van der Waals surface area contributed by atoms with Crippen molar-refractivity contribution in [1.82, 2.24) is 9.88 Å². The normalized spacial score (nSPS) is 22.8. The molecule has 0 atom stereocenters. The molecule has 1 aromatic carbocycles. The highest BCUT2D eigenvalue weighted by Gasteiger charge is 2.37. The number of benzene rings is 1. The number of pyridine rings is 1. The van der Waals surface area contributed by atoms with Crippen molar-refractivity contribution in [2.24, 2.45) is 5.92 Å². The number of carboxylic acid groups (broad SMARTS) is 1. The topological polar surface area (TPSA) is 65.5 Å². The molecule has 132 valence electrons. The van der Waals surface area contributed by atoms with E-state index in [-0.39, 0.29) is 6.54 Å². The van der Waals surface area contributed by atoms with Crippen LogP contribution in [0.4, 0.5) is 5.82 Å². The zero-order valence-corrected chi connectivity index (χ0v) is 14.7. The fourth-order valence-electron chi connectivity index (χ4n) is 3.53. The molecule has 5 nitrogen and oxygen atoms in total. The van der Waals surface area contributed by atoms with Gasteiger partial charge in [-0.2, -0.15) is 0 Å². The number of carbonyl (C=O) groups is 1. The van der Waals surface area contributed by atoms with Gasteiger partial charge in [0.15, 0.2) is 0 Å². The second-order valence-electron chi connectivity index (χ2n) is 7.27. The molecular formula is C19H22ClN3O2. The average Bonchev–Trinajstić information content (AvgIpc) is 3.33. The Labute approximate surface area is 152 Å². The van der Waals surface area contributed by atoms with E-state index >= 15 is 0 Å². The molecule has 1 aromatic heterocycles. The van der Waals surface area contributed by atoms with E-state index in [9.17, 15) is 4.79 Å². The lowest BCUT2D eigenvalue weighted by Gasteiger charge is -2.43. The Bertz CT molecular complexity index is 787. The van der Waals surface area contributed by atoms with Crippen molar-refractivity contribution in [1.29, 1.82) is 0 Å². The quantitative estimate of drug-likeness (QED) is 0.790. The van der Waals surface area contributed by atoms with Crippen molar-refractivity contribution in [3.8, 4) is 0 Å². The van der Waals surface area contributed by atoms with Crippen LogP contribution in [0, 0.1) is 5.92 Å². The summed E-state index contributed by atoms with van der Waals surface area (Å²) in [5, 5.41) is 14.4. The maximum Gasteiger partial charge on any atom is 0.317 e. The van der Waals surface area contributed by atoms with Gasteiger partial charge < -0.3 is 10.4 Å². The molecule has 2 aliphatic rings. The van der Waals surface area contributed by atoms with Gasteiger partial charge in [-0.25, -0.2) is 4.98 Å². The SMILES string of the molecule is O=C(O)CN(CC1CC1)C1CC(Nc2ccc3ccc(Cl)cc3n2)C1. The van der Waals surface area contributed by atoms with Crippen LogP contribution in [-0.2, 0) is 4.79 Å². The summed E-state index contributed by atoms with van der Waals surface area (Å²) in [7, 11) is 0. The van der Waals surface area contributed by atoms with Gasteiger partial charge in [0, 0.05) is 29.0 Å². The molecular weight excluding hydrogens is 338 g/mol. The number of hydrogen-bond donors (Lipinski definition) is 2. The largest absolute Gasteiger partial charge is 0.480 e. The predicted octanol–water partition coefficient (Wildman–Crippen LogP) is 3.63. The van der Waals surface area contributed by atoms with E-state index < -0.39 is 5.97 Å². The number of fused-ring (bicyclic) bond motifs is 1. The van der Waals surface area contributed by atoms with Gasteiger partial charge in [-0.1, -0.05) is 17.7 Å². The second-order valence-corrected chi connectivity index (χ2v) is 7.70. The van der Waals surface area contributed by atoms with Crippen molar-refractivity contribution in [3.05, 3.63) is 35.4 Å². The number of aromatic nitrogens is 1. The van der Waals surface area contributed by atoms with Gasteiger partial charge in [-0.15, -0.1) is 0 Å². The minimum Gasteiger partial charge on any atom is -0.480 e. The number of aliphatic carboxylic acids is 1. The molecule has 0 unspecified atom stereocenters. The number of nitrogens with one attached hydrogen (secondary N) is 1. The Morgan fingerprint density at radius 1 is 1.28 bits per heavy atom. The zero-order chi connectivity index (χ0) is 17.4. The lowest BCUT2D eigenvalue weighted by molar-refractivity contribution is -0.139. The van der Waals surface area contributed by atoms with Gasteiger partial charge in [0.1, 0.15) is 5.82 Å². The van der Waals surface area contributed by atoms with Gasteiger partial charge in [0.25, 0.3) is 0 Å². The fraction of sp³-hybridized carbons (Fsp3) is 0.474. The van der Waals surface area contributed by atoms with Crippen LogP contribution in [0.15, 0.2) is 30.3 Å². The van der Waals surface area contributed by atoms with Crippen LogP contribution in [0.5, 0.6) is 0 Å². The van der Waals surface area contributed by atoms with Crippen molar-refractivity contribution in [2.75, 3.05) is 18.4 Å². The lowest BCUT2D eigenvalue weighted by Crippen LogP contribution is -2.52. The van der Waals surface area contributed by atoms with Crippen molar-refractivity contribution < 1.29 is 9.90 Å². The van der Waals surface area contributed by atoms with Gasteiger partial charge in [-0.05, 0) is 55.9 Å². The standard InChI is InChI=1S/C19H22ClN3O2/c20-14-5-3-13-4-6-18(22-17(13)7-14)21-15-8-16(9-15)23(11-19(24)25)10-12-1-2-12/h3-7,12,15-16H,1-2,8-11H2,(H,21,22)(H,24,25). The minimum absolute atomic E-state index is 0.153. The molecule has 2 N–H and O–H groups in total. The summed E-state index contributed by atoms with van der Waals surface area (Å²) in [6.45, 7) is 1.08. The summed E-state index contributed by atoms with van der Waals surface area (Å²) >= 11 is 6.04. The van der Waals surface area contributed by atoms with Gasteiger partial charge >= 0.3 is 5.97 Å². The molecule has 0 saturated heterocycles. The van der Waals surface area contributed by atoms with Crippen LogP contribution in [0.2, 0.25) is 5.02 Å². The molecule has 0 radical (unpaired) electrons. The first-order chi connectivity index (χ1) is 12.1. The number of anilines is 1. The van der Waals surface area contributed by atoms with E-state index in [0.29, 0.717) is 23.0 Å². The van der Waals surface area contributed by atoms with Crippen molar-refractivity contribution in [3.63, 3.8) is 0 Å². The summed E-state index contributed by atoms with van der Waals surface area (Å²) in [5.74, 6) is 0.827. The molecule has 0 amide bonds. The second kappa shape index (κ2) is 6.81. The molecule has 0 aliphatic heterocycles. The molecule has 6 heteroatoms.